The Hall–Kier alpha value is -0.860. The highest BCUT2D eigenvalue weighted by Crippen LogP contribution is 2.22. The van der Waals surface area contributed by atoms with Crippen LogP contribution in [0, 0.1) is 11.3 Å². The molecule has 0 saturated heterocycles. The van der Waals surface area contributed by atoms with E-state index in [0.29, 0.717) is 5.69 Å². The molecule has 0 atom stereocenters. The van der Waals surface area contributed by atoms with Crippen LogP contribution in [0.25, 0.3) is 4.83 Å². The first-order valence-electron chi connectivity index (χ1n) is 2.83. The van der Waals surface area contributed by atoms with E-state index in [2.05, 4.69) is 20.9 Å². The summed E-state index contributed by atoms with van der Waals surface area (Å²) >= 11 is 4.84. The van der Waals surface area contributed by atoms with Gasteiger partial charge in [-0.25, -0.2) is 4.98 Å². The van der Waals surface area contributed by atoms with Gasteiger partial charge in [-0.3, -0.25) is 4.40 Å². The molecule has 5 heteroatoms. The van der Waals surface area contributed by atoms with Gasteiger partial charge in [-0.1, -0.05) is 0 Å². The van der Waals surface area contributed by atoms with Crippen LogP contribution in [0.2, 0.25) is 0 Å². The number of halogens is 1. The van der Waals surface area contributed by atoms with Gasteiger partial charge in [-0.05, 0) is 15.9 Å². The summed E-state index contributed by atoms with van der Waals surface area (Å²) in [6.45, 7) is 0. The number of fused-ring (bicyclic) bond motifs is 1. The van der Waals surface area contributed by atoms with Gasteiger partial charge in [0.05, 0.1) is 0 Å². The van der Waals surface area contributed by atoms with E-state index < -0.39 is 0 Å². The van der Waals surface area contributed by atoms with E-state index in [1.54, 1.807) is 6.33 Å². The van der Waals surface area contributed by atoms with Crippen LogP contribution in [-0.4, -0.2) is 9.38 Å². The van der Waals surface area contributed by atoms with Crippen molar-refractivity contribution in [1.82, 2.24) is 9.38 Å². The third kappa shape index (κ3) is 0.870. The maximum atomic E-state index is 8.60. The van der Waals surface area contributed by atoms with Crippen molar-refractivity contribution in [2.45, 2.75) is 0 Å². The topological polar surface area (TPSA) is 41.1 Å². The van der Waals surface area contributed by atoms with Gasteiger partial charge in [0.15, 0.2) is 5.69 Å². The maximum Gasteiger partial charge on any atom is 0.176 e. The number of thiazole rings is 1. The summed E-state index contributed by atoms with van der Waals surface area (Å²) in [6, 6.07) is 2.02. The zero-order valence-electron chi connectivity index (χ0n) is 5.28. The summed E-state index contributed by atoms with van der Waals surface area (Å²) in [5.74, 6) is 0. The molecule has 0 N–H and O–H groups in total. The van der Waals surface area contributed by atoms with E-state index in [-0.39, 0.29) is 0 Å². The Morgan fingerprint density at radius 2 is 2.55 bits per heavy atom. The van der Waals surface area contributed by atoms with E-state index in [4.69, 9.17) is 5.26 Å². The Morgan fingerprint density at radius 3 is 3.27 bits per heavy atom. The lowest BCUT2D eigenvalue weighted by atomic mass is 10.5. The molecule has 0 aliphatic heterocycles. The summed E-state index contributed by atoms with van der Waals surface area (Å²) in [6.07, 6.45) is 1.63. The van der Waals surface area contributed by atoms with E-state index in [1.807, 2.05) is 15.8 Å². The first-order chi connectivity index (χ1) is 5.33. The van der Waals surface area contributed by atoms with Crippen molar-refractivity contribution in [3.8, 4) is 6.07 Å². The fourth-order valence-corrected chi connectivity index (χ4v) is 2.30. The normalized spacial score (nSPS) is 10.2. The van der Waals surface area contributed by atoms with Crippen LogP contribution in [0.1, 0.15) is 5.69 Å². The Bertz CT molecular complexity index is 436. The molecule has 0 unspecified atom stereocenters. The Balaban J connectivity index is 2.90. The van der Waals surface area contributed by atoms with Crippen LogP contribution in [-0.2, 0) is 0 Å². The Morgan fingerprint density at radius 1 is 1.73 bits per heavy atom. The van der Waals surface area contributed by atoms with Gasteiger partial charge in [-0.2, -0.15) is 5.26 Å². The third-order valence-corrected chi connectivity index (χ3v) is 3.20. The Labute approximate surface area is 75.0 Å². The number of nitriles is 1. The van der Waals surface area contributed by atoms with Crippen molar-refractivity contribution in [1.29, 1.82) is 5.26 Å². The SMILES string of the molecule is N#Cc1ncn2c(Br)csc12. The van der Waals surface area contributed by atoms with E-state index in [0.717, 1.165) is 9.43 Å². The maximum absolute atomic E-state index is 8.60. The molecule has 0 spiro atoms. The molecular formula is C6H2BrN3S. The number of hydrogen-bond acceptors (Lipinski definition) is 3. The highest BCUT2D eigenvalue weighted by molar-refractivity contribution is 9.10. The molecule has 0 saturated carbocycles. The molecule has 3 nitrogen and oxygen atoms in total. The lowest BCUT2D eigenvalue weighted by molar-refractivity contribution is 1.14. The lowest BCUT2D eigenvalue weighted by Crippen LogP contribution is -1.72. The van der Waals surface area contributed by atoms with E-state index in [1.165, 1.54) is 11.3 Å². The van der Waals surface area contributed by atoms with Crippen LogP contribution in [0.4, 0.5) is 0 Å². The number of aromatic nitrogens is 2. The minimum atomic E-state index is 0.487. The standard InChI is InChI=1S/C6H2BrN3S/c7-5-2-11-6-4(1-8)9-3-10(5)6/h2-3H. The molecule has 54 valence electrons. The average Bonchev–Trinajstić information content (AvgIpc) is 2.53. The van der Waals surface area contributed by atoms with Crippen LogP contribution < -0.4 is 0 Å². The Kier molecular flexibility index (Phi) is 1.44. The van der Waals surface area contributed by atoms with Gasteiger partial charge in [-0.15, -0.1) is 11.3 Å². The second-order valence-electron chi connectivity index (χ2n) is 1.94. The van der Waals surface area contributed by atoms with Gasteiger partial charge in [0, 0.05) is 5.38 Å². The fraction of sp³-hybridized carbons (Fsp3) is 0. The summed E-state index contributed by atoms with van der Waals surface area (Å²) in [4.78, 5) is 4.81. The van der Waals surface area contributed by atoms with Gasteiger partial charge in [0.2, 0.25) is 0 Å². The van der Waals surface area contributed by atoms with Crippen molar-refractivity contribution >= 4 is 32.1 Å². The van der Waals surface area contributed by atoms with Crippen LogP contribution in [0.5, 0.6) is 0 Å². The zero-order chi connectivity index (χ0) is 7.84. The molecule has 2 aromatic heterocycles. The smallest absolute Gasteiger partial charge is 0.176 e. The second kappa shape index (κ2) is 2.32. The van der Waals surface area contributed by atoms with Crippen molar-refractivity contribution in [3.05, 3.63) is 22.0 Å². The molecule has 2 aromatic rings. The molecule has 0 aliphatic carbocycles. The molecule has 0 aliphatic rings. The summed E-state index contributed by atoms with van der Waals surface area (Å²) in [5.41, 5.74) is 0.487. The predicted molar refractivity (Wildman–Crippen MR) is 45.5 cm³/mol. The fourth-order valence-electron chi connectivity index (χ4n) is 0.840. The van der Waals surface area contributed by atoms with Gasteiger partial charge >= 0.3 is 0 Å². The zero-order valence-corrected chi connectivity index (χ0v) is 7.69. The van der Waals surface area contributed by atoms with Crippen LogP contribution >= 0.6 is 27.3 Å². The lowest BCUT2D eigenvalue weighted by Gasteiger charge is -1.80. The highest BCUT2D eigenvalue weighted by Gasteiger charge is 2.06. The monoisotopic (exact) mass is 227 g/mol. The number of nitrogens with zero attached hydrogens (tertiary/aromatic N) is 3. The molecule has 2 heterocycles. The third-order valence-electron chi connectivity index (χ3n) is 1.33. The van der Waals surface area contributed by atoms with Crippen LogP contribution in [0.3, 0.4) is 0 Å². The molecule has 0 bridgehead atoms. The first-order valence-corrected chi connectivity index (χ1v) is 4.50. The van der Waals surface area contributed by atoms with Crippen molar-refractivity contribution < 1.29 is 0 Å². The van der Waals surface area contributed by atoms with Crippen LogP contribution in [0.15, 0.2) is 16.3 Å². The quantitative estimate of drug-likeness (QED) is 0.692. The van der Waals surface area contributed by atoms with Crippen molar-refractivity contribution in [2.75, 3.05) is 0 Å². The van der Waals surface area contributed by atoms with Gasteiger partial charge < -0.3 is 0 Å². The minimum Gasteiger partial charge on any atom is -0.282 e. The van der Waals surface area contributed by atoms with Crippen molar-refractivity contribution in [3.63, 3.8) is 0 Å². The average molecular weight is 228 g/mol. The summed E-state index contributed by atoms with van der Waals surface area (Å²) in [5, 5.41) is 10.5. The molecule has 0 amide bonds. The summed E-state index contributed by atoms with van der Waals surface area (Å²) < 4.78 is 2.77. The number of imidazole rings is 1. The largest absolute Gasteiger partial charge is 0.282 e. The summed E-state index contributed by atoms with van der Waals surface area (Å²) in [7, 11) is 0. The predicted octanol–water partition coefficient (Wildman–Crippen LogP) is 2.03. The van der Waals surface area contributed by atoms with E-state index >= 15 is 0 Å². The number of rotatable bonds is 0. The molecule has 11 heavy (non-hydrogen) atoms. The van der Waals surface area contributed by atoms with E-state index in [9.17, 15) is 0 Å². The van der Waals surface area contributed by atoms with Gasteiger partial charge in [0.25, 0.3) is 0 Å². The number of hydrogen-bond donors (Lipinski definition) is 0. The molecule has 0 radical (unpaired) electrons. The molecular weight excluding hydrogens is 226 g/mol. The highest BCUT2D eigenvalue weighted by atomic mass is 79.9. The molecule has 0 fully saturated rings. The molecule has 0 aromatic carbocycles. The van der Waals surface area contributed by atoms with Crippen molar-refractivity contribution in [2.24, 2.45) is 0 Å². The second-order valence-corrected chi connectivity index (χ2v) is 3.61. The minimum absolute atomic E-state index is 0.487. The van der Waals surface area contributed by atoms with Gasteiger partial charge in [0.1, 0.15) is 21.8 Å². The first kappa shape index (κ1) is 6.83. The molecule has 2 rings (SSSR count).